The van der Waals surface area contributed by atoms with E-state index in [-0.39, 0.29) is 6.04 Å². The molecule has 0 aliphatic carbocycles. The molecule has 0 bridgehead atoms. The fourth-order valence-electron chi connectivity index (χ4n) is 2.27. The van der Waals surface area contributed by atoms with Gasteiger partial charge >= 0.3 is 0 Å². The summed E-state index contributed by atoms with van der Waals surface area (Å²) >= 11 is 12.4. The molecule has 0 aliphatic rings. The first-order valence-electron chi connectivity index (χ1n) is 6.04. The number of hydrazine groups is 1. The molecule has 0 saturated carbocycles. The van der Waals surface area contributed by atoms with Crippen molar-refractivity contribution in [2.24, 2.45) is 5.84 Å². The number of nitrogens with one attached hydrogen (secondary N) is 1. The standard InChI is InChI=1S/C14H12Cl2N4/c15-11-5-3-4-9(13(11)16)14(19-17)10-8-18-20-7-2-1-6-12(10)20/h1-8,14,19H,17H2. The van der Waals surface area contributed by atoms with Gasteiger partial charge in [-0.2, -0.15) is 5.10 Å². The van der Waals surface area contributed by atoms with Crippen LogP contribution in [0.1, 0.15) is 17.2 Å². The van der Waals surface area contributed by atoms with E-state index in [1.165, 1.54) is 0 Å². The first-order chi connectivity index (χ1) is 9.72. The molecule has 0 spiro atoms. The van der Waals surface area contributed by atoms with Crippen molar-refractivity contribution in [3.8, 4) is 0 Å². The summed E-state index contributed by atoms with van der Waals surface area (Å²) in [6.45, 7) is 0. The Labute approximate surface area is 126 Å². The minimum atomic E-state index is -0.277. The number of pyridine rings is 1. The average Bonchev–Trinajstić information content (AvgIpc) is 2.88. The molecule has 0 fully saturated rings. The monoisotopic (exact) mass is 306 g/mol. The lowest BCUT2D eigenvalue weighted by molar-refractivity contribution is 0.641. The van der Waals surface area contributed by atoms with Crippen molar-refractivity contribution in [3.05, 3.63) is 70.0 Å². The lowest BCUT2D eigenvalue weighted by Gasteiger charge is -2.17. The number of hydrogen-bond acceptors (Lipinski definition) is 3. The Morgan fingerprint density at radius 1 is 1.10 bits per heavy atom. The van der Waals surface area contributed by atoms with Crippen LogP contribution in [0.5, 0.6) is 0 Å². The summed E-state index contributed by atoms with van der Waals surface area (Å²) in [5.41, 5.74) is 5.51. The quantitative estimate of drug-likeness (QED) is 0.577. The van der Waals surface area contributed by atoms with E-state index in [2.05, 4.69) is 10.5 Å². The van der Waals surface area contributed by atoms with Crippen molar-refractivity contribution in [3.63, 3.8) is 0 Å². The number of aromatic nitrogens is 2. The van der Waals surface area contributed by atoms with Crippen LogP contribution in [-0.2, 0) is 0 Å². The average molecular weight is 307 g/mol. The van der Waals surface area contributed by atoms with Crippen LogP contribution in [0.25, 0.3) is 5.52 Å². The Hall–Kier alpha value is -1.59. The molecule has 0 aliphatic heterocycles. The van der Waals surface area contributed by atoms with Gasteiger partial charge < -0.3 is 0 Å². The summed E-state index contributed by atoms with van der Waals surface area (Å²) in [5.74, 6) is 5.72. The van der Waals surface area contributed by atoms with Gasteiger partial charge in [-0.05, 0) is 23.8 Å². The van der Waals surface area contributed by atoms with E-state index in [0.717, 1.165) is 16.6 Å². The SMILES string of the molecule is NNC(c1cccc(Cl)c1Cl)c1cnn2ccccc12. The van der Waals surface area contributed by atoms with Gasteiger partial charge in [-0.25, -0.2) is 9.94 Å². The third-order valence-electron chi connectivity index (χ3n) is 3.23. The summed E-state index contributed by atoms with van der Waals surface area (Å²) in [6, 6.07) is 11.1. The molecule has 102 valence electrons. The predicted molar refractivity (Wildman–Crippen MR) is 80.8 cm³/mol. The van der Waals surface area contributed by atoms with Gasteiger partial charge in [-0.15, -0.1) is 0 Å². The maximum Gasteiger partial charge on any atom is 0.0761 e. The van der Waals surface area contributed by atoms with Crippen LogP contribution < -0.4 is 11.3 Å². The van der Waals surface area contributed by atoms with Crippen LogP contribution in [0, 0.1) is 0 Å². The van der Waals surface area contributed by atoms with Gasteiger partial charge in [0.05, 0.1) is 27.8 Å². The summed E-state index contributed by atoms with van der Waals surface area (Å²) in [6.07, 6.45) is 3.66. The summed E-state index contributed by atoms with van der Waals surface area (Å²) in [7, 11) is 0. The zero-order valence-electron chi connectivity index (χ0n) is 10.4. The van der Waals surface area contributed by atoms with Crippen LogP contribution in [0.3, 0.4) is 0 Å². The maximum absolute atomic E-state index is 6.28. The van der Waals surface area contributed by atoms with E-state index in [4.69, 9.17) is 29.0 Å². The van der Waals surface area contributed by atoms with Crippen molar-refractivity contribution < 1.29 is 0 Å². The molecule has 3 N–H and O–H groups in total. The Balaban J connectivity index is 2.17. The second-order valence-electron chi connectivity index (χ2n) is 4.37. The highest BCUT2D eigenvalue weighted by molar-refractivity contribution is 6.42. The van der Waals surface area contributed by atoms with Crippen molar-refractivity contribution in [2.45, 2.75) is 6.04 Å². The largest absolute Gasteiger partial charge is 0.271 e. The third-order valence-corrected chi connectivity index (χ3v) is 4.06. The molecule has 1 unspecified atom stereocenters. The second-order valence-corrected chi connectivity index (χ2v) is 5.16. The van der Waals surface area contributed by atoms with E-state index in [0.29, 0.717) is 10.0 Å². The van der Waals surface area contributed by atoms with E-state index < -0.39 is 0 Å². The lowest BCUT2D eigenvalue weighted by atomic mass is 10.0. The van der Waals surface area contributed by atoms with Crippen LogP contribution in [0.15, 0.2) is 48.8 Å². The predicted octanol–water partition coefficient (Wildman–Crippen LogP) is 3.19. The molecule has 4 nitrogen and oxygen atoms in total. The number of fused-ring (bicyclic) bond motifs is 1. The summed E-state index contributed by atoms with van der Waals surface area (Å²) in [5, 5.41) is 5.30. The van der Waals surface area contributed by atoms with Crippen molar-refractivity contribution in [1.29, 1.82) is 0 Å². The fourth-order valence-corrected chi connectivity index (χ4v) is 2.68. The molecule has 0 amide bonds. The van der Waals surface area contributed by atoms with Gasteiger partial charge in [0.15, 0.2) is 0 Å². The number of halogens is 2. The molecule has 0 saturated heterocycles. The fraction of sp³-hybridized carbons (Fsp3) is 0.0714. The highest BCUT2D eigenvalue weighted by Crippen LogP contribution is 2.34. The van der Waals surface area contributed by atoms with E-state index in [1.807, 2.05) is 36.5 Å². The van der Waals surface area contributed by atoms with Crippen LogP contribution in [0.4, 0.5) is 0 Å². The van der Waals surface area contributed by atoms with Gasteiger partial charge in [-0.3, -0.25) is 5.84 Å². The van der Waals surface area contributed by atoms with Gasteiger partial charge in [0.1, 0.15) is 0 Å². The van der Waals surface area contributed by atoms with E-state index >= 15 is 0 Å². The van der Waals surface area contributed by atoms with Crippen molar-refractivity contribution in [2.75, 3.05) is 0 Å². The number of nitrogens with zero attached hydrogens (tertiary/aromatic N) is 2. The summed E-state index contributed by atoms with van der Waals surface area (Å²) in [4.78, 5) is 0. The lowest BCUT2D eigenvalue weighted by Crippen LogP contribution is -2.29. The number of hydrogen-bond donors (Lipinski definition) is 2. The highest BCUT2D eigenvalue weighted by Gasteiger charge is 2.20. The molecular weight excluding hydrogens is 295 g/mol. The van der Waals surface area contributed by atoms with Gasteiger partial charge in [0.25, 0.3) is 0 Å². The summed E-state index contributed by atoms with van der Waals surface area (Å²) < 4.78 is 1.79. The molecule has 0 radical (unpaired) electrons. The maximum atomic E-state index is 6.28. The molecule has 1 aromatic carbocycles. The molecule has 2 aromatic heterocycles. The zero-order chi connectivity index (χ0) is 14.1. The smallest absolute Gasteiger partial charge is 0.0761 e. The minimum absolute atomic E-state index is 0.277. The normalized spacial score (nSPS) is 12.8. The first-order valence-corrected chi connectivity index (χ1v) is 6.80. The first kappa shape index (κ1) is 13.4. The number of rotatable bonds is 3. The van der Waals surface area contributed by atoms with Crippen LogP contribution in [-0.4, -0.2) is 9.61 Å². The number of nitrogens with two attached hydrogens (primary N) is 1. The molecule has 2 heterocycles. The van der Waals surface area contributed by atoms with Gasteiger partial charge in [0.2, 0.25) is 0 Å². The Bertz CT molecular complexity index is 754. The third kappa shape index (κ3) is 2.17. The van der Waals surface area contributed by atoms with Crippen LogP contribution in [0.2, 0.25) is 10.0 Å². The zero-order valence-corrected chi connectivity index (χ0v) is 11.9. The Morgan fingerprint density at radius 2 is 1.95 bits per heavy atom. The molecule has 6 heteroatoms. The molecule has 1 atom stereocenters. The van der Waals surface area contributed by atoms with Crippen LogP contribution >= 0.6 is 23.2 Å². The Morgan fingerprint density at radius 3 is 2.75 bits per heavy atom. The van der Waals surface area contributed by atoms with Crippen molar-refractivity contribution in [1.82, 2.24) is 15.0 Å². The molecular formula is C14H12Cl2N4. The topological polar surface area (TPSA) is 55.3 Å². The minimum Gasteiger partial charge on any atom is -0.271 e. The molecule has 20 heavy (non-hydrogen) atoms. The van der Waals surface area contributed by atoms with E-state index in [9.17, 15) is 0 Å². The number of benzene rings is 1. The highest BCUT2D eigenvalue weighted by atomic mass is 35.5. The Kier molecular flexibility index (Phi) is 3.63. The van der Waals surface area contributed by atoms with Crippen molar-refractivity contribution >= 4 is 28.7 Å². The van der Waals surface area contributed by atoms with E-state index in [1.54, 1.807) is 16.8 Å². The van der Waals surface area contributed by atoms with Gasteiger partial charge in [0, 0.05) is 11.8 Å². The van der Waals surface area contributed by atoms with Gasteiger partial charge in [-0.1, -0.05) is 41.4 Å². The molecule has 3 rings (SSSR count). The second kappa shape index (κ2) is 5.42. The molecule has 3 aromatic rings.